The number of rotatable bonds is 5. The second kappa shape index (κ2) is 10.1. The molecule has 4 saturated heterocycles. The number of amides is 4. The Kier molecular flexibility index (Phi) is 7.59. The van der Waals surface area contributed by atoms with Crippen molar-refractivity contribution in [2.75, 3.05) is 20.8 Å². The fraction of sp³-hybridized carbons (Fsp3) is 0.818. The highest BCUT2D eigenvalue weighted by molar-refractivity contribution is 6.04. The minimum atomic E-state index is -1.36. The van der Waals surface area contributed by atoms with Gasteiger partial charge in [-0.2, -0.15) is 5.06 Å². The normalized spacial score (nSPS) is 35.4. The molecule has 4 heterocycles. The summed E-state index contributed by atoms with van der Waals surface area (Å²) < 4.78 is 11.9. The number of hydrogen-bond donors (Lipinski definition) is 0. The molecule has 1 aliphatic carbocycles. The Labute approximate surface area is 267 Å². The van der Waals surface area contributed by atoms with Crippen LogP contribution in [-0.2, 0) is 28.7 Å². The number of hydrogen-bond acceptors (Lipinski definition) is 10. The van der Waals surface area contributed by atoms with Crippen LogP contribution in [0.4, 0.5) is 9.59 Å². The Hall–Kier alpha value is -2.70. The van der Waals surface area contributed by atoms with Gasteiger partial charge < -0.3 is 14.3 Å². The summed E-state index contributed by atoms with van der Waals surface area (Å²) in [5.74, 6) is -0.709. The summed E-state index contributed by atoms with van der Waals surface area (Å²) in [4.78, 5) is 69.2. The molecule has 4 amide bonds. The number of nitrogens with zero attached hydrogens (tertiary/aromatic N) is 4. The van der Waals surface area contributed by atoms with E-state index in [1.807, 2.05) is 53.5 Å². The van der Waals surface area contributed by atoms with E-state index in [-0.39, 0.29) is 36.6 Å². The van der Waals surface area contributed by atoms with Crippen LogP contribution in [0.25, 0.3) is 0 Å². The van der Waals surface area contributed by atoms with Crippen LogP contribution in [0.3, 0.4) is 0 Å². The van der Waals surface area contributed by atoms with Gasteiger partial charge in [-0.3, -0.25) is 19.5 Å². The van der Waals surface area contributed by atoms with E-state index in [1.165, 1.54) is 9.80 Å². The Morgan fingerprint density at radius 2 is 1.29 bits per heavy atom. The smallest absolute Gasteiger partial charge is 0.417 e. The summed E-state index contributed by atoms with van der Waals surface area (Å²) in [5, 5.41) is 3.54. The van der Waals surface area contributed by atoms with Crippen molar-refractivity contribution >= 4 is 24.0 Å². The maximum absolute atomic E-state index is 14.3. The minimum absolute atomic E-state index is 0.109. The highest BCUT2D eigenvalue weighted by Crippen LogP contribution is 2.54. The van der Waals surface area contributed by atoms with Gasteiger partial charge in [-0.05, 0) is 71.6 Å². The Bertz CT molecular complexity index is 1310. The van der Waals surface area contributed by atoms with E-state index >= 15 is 0 Å². The Morgan fingerprint density at radius 3 is 1.82 bits per heavy atom. The van der Waals surface area contributed by atoms with E-state index in [4.69, 9.17) is 19.1 Å². The molecule has 0 bridgehead atoms. The molecule has 5 aliphatic rings. The number of piperidine rings is 2. The Balaban J connectivity index is 1.39. The van der Waals surface area contributed by atoms with Gasteiger partial charge in [-0.1, -0.05) is 27.4 Å². The predicted molar refractivity (Wildman–Crippen MR) is 164 cm³/mol. The summed E-state index contributed by atoms with van der Waals surface area (Å²) in [6.45, 7) is 22.2. The molecule has 5 fully saturated rings. The van der Waals surface area contributed by atoms with Crippen LogP contribution in [-0.4, -0.2) is 98.6 Å². The molecule has 45 heavy (non-hydrogen) atoms. The van der Waals surface area contributed by atoms with E-state index in [2.05, 4.69) is 20.4 Å². The lowest BCUT2D eigenvalue weighted by Gasteiger charge is -2.55. The summed E-state index contributed by atoms with van der Waals surface area (Å²) in [5.41, 5.74) is -4.77. The standard InChI is InChI=1S/C33H52N4O8/c1-21-13-32(17-28(4,5)36(21)42-11)23(38)34(25(40)44-32)20-31(10)15-22(14-27(2,3)16-31)35-24(39)33(45-26(35)41)18-29(6,7)37(43-12)30(8,9)19-33/h22H,1,13-20H2,2-12H3. The molecule has 4 aliphatic heterocycles. The van der Waals surface area contributed by atoms with Crippen LogP contribution in [0, 0.1) is 10.8 Å². The Morgan fingerprint density at radius 1 is 0.733 bits per heavy atom. The van der Waals surface area contributed by atoms with Gasteiger partial charge in [0, 0.05) is 55.0 Å². The molecule has 12 heteroatoms. The van der Waals surface area contributed by atoms with Gasteiger partial charge in [-0.25, -0.2) is 19.4 Å². The molecule has 0 radical (unpaired) electrons. The van der Waals surface area contributed by atoms with Crippen LogP contribution in [0.2, 0.25) is 0 Å². The van der Waals surface area contributed by atoms with E-state index in [0.717, 1.165) is 0 Å². The van der Waals surface area contributed by atoms with E-state index in [1.54, 1.807) is 19.3 Å². The summed E-state index contributed by atoms with van der Waals surface area (Å²) in [7, 11) is 3.17. The van der Waals surface area contributed by atoms with E-state index < -0.39 is 51.5 Å². The van der Waals surface area contributed by atoms with Crippen LogP contribution < -0.4 is 0 Å². The molecular formula is C33H52N4O8. The van der Waals surface area contributed by atoms with Crippen LogP contribution in [0.1, 0.15) is 107 Å². The molecule has 252 valence electrons. The first-order chi connectivity index (χ1) is 20.5. The van der Waals surface area contributed by atoms with Crippen molar-refractivity contribution in [1.29, 1.82) is 0 Å². The topological polar surface area (TPSA) is 118 Å². The predicted octanol–water partition coefficient (Wildman–Crippen LogP) is 5.17. The van der Waals surface area contributed by atoms with E-state index in [0.29, 0.717) is 37.8 Å². The number of carbonyl (C=O) groups excluding carboxylic acids is 4. The third-order valence-electron chi connectivity index (χ3n) is 10.5. The maximum atomic E-state index is 14.3. The lowest BCUT2D eigenvalue weighted by Crippen LogP contribution is -2.67. The quantitative estimate of drug-likeness (QED) is 0.402. The zero-order valence-electron chi connectivity index (χ0n) is 29.0. The van der Waals surface area contributed by atoms with Crippen molar-refractivity contribution in [3.63, 3.8) is 0 Å². The van der Waals surface area contributed by atoms with Crippen molar-refractivity contribution < 1.29 is 38.3 Å². The van der Waals surface area contributed by atoms with E-state index in [9.17, 15) is 19.2 Å². The molecule has 2 spiro atoms. The first kappa shape index (κ1) is 33.7. The molecular weight excluding hydrogens is 580 g/mol. The SMILES string of the molecule is C=C1CC2(CC(C)(C)N1OC)OC(=O)N(CC1(C)CC(N3C(=O)OC4(CC(C)(C)N(OC)C(C)(C)C4)C3=O)CC(C)(C)C1)C2=O. The van der Waals surface area contributed by atoms with Gasteiger partial charge in [0.15, 0.2) is 5.60 Å². The minimum Gasteiger partial charge on any atom is -0.432 e. The number of ether oxygens (including phenoxy) is 2. The lowest BCUT2D eigenvalue weighted by molar-refractivity contribution is -0.285. The van der Waals surface area contributed by atoms with Crippen molar-refractivity contribution in [3.8, 4) is 0 Å². The number of imide groups is 2. The van der Waals surface area contributed by atoms with Gasteiger partial charge in [-0.15, -0.1) is 0 Å². The molecule has 12 nitrogen and oxygen atoms in total. The zero-order chi connectivity index (χ0) is 33.8. The van der Waals surface area contributed by atoms with Crippen molar-refractivity contribution in [1.82, 2.24) is 19.9 Å². The van der Waals surface area contributed by atoms with Crippen LogP contribution in [0.15, 0.2) is 12.3 Å². The average molecular weight is 633 g/mol. The highest BCUT2D eigenvalue weighted by atomic mass is 16.7. The molecule has 5 rings (SSSR count). The monoisotopic (exact) mass is 632 g/mol. The van der Waals surface area contributed by atoms with Crippen LogP contribution in [0.5, 0.6) is 0 Å². The van der Waals surface area contributed by atoms with Crippen molar-refractivity contribution in [2.45, 2.75) is 141 Å². The summed E-state index contributed by atoms with van der Waals surface area (Å²) in [6.07, 6.45) is 1.35. The third-order valence-corrected chi connectivity index (χ3v) is 10.5. The first-order valence-electron chi connectivity index (χ1n) is 15.9. The fourth-order valence-electron chi connectivity index (χ4n) is 10.3. The molecule has 3 unspecified atom stereocenters. The highest BCUT2D eigenvalue weighted by Gasteiger charge is 2.66. The molecule has 3 atom stereocenters. The second-order valence-corrected chi connectivity index (χ2v) is 17.2. The zero-order valence-corrected chi connectivity index (χ0v) is 29.0. The first-order valence-corrected chi connectivity index (χ1v) is 15.9. The van der Waals surface area contributed by atoms with Gasteiger partial charge in [0.25, 0.3) is 11.8 Å². The molecule has 0 aromatic carbocycles. The summed E-state index contributed by atoms with van der Waals surface area (Å²) in [6, 6.07) is -0.462. The molecule has 0 N–H and O–H groups in total. The van der Waals surface area contributed by atoms with Gasteiger partial charge in [0.05, 0.1) is 19.8 Å². The van der Waals surface area contributed by atoms with Crippen molar-refractivity contribution in [3.05, 3.63) is 12.3 Å². The molecule has 1 saturated carbocycles. The average Bonchev–Trinajstić information content (AvgIpc) is 3.18. The third kappa shape index (κ3) is 5.34. The maximum Gasteiger partial charge on any atom is 0.417 e. The van der Waals surface area contributed by atoms with Crippen LogP contribution >= 0.6 is 0 Å². The summed E-state index contributed by atoms with van der Waals surface area (Å²) >= 11 is 0. The second-order valence-electron chi connectivity index (χ2n) is 17.2. The van der Waals surface area contributed by atoms with Gasteiger partial charge >= 0.3 is 12.2 Å². The fourth-order valence-corrected chi connectivity index (χ4v) is 10.3. The van der Waals surface area contributed by atoms with Gasteiger partial charge in [0.2, 0.25) is 5.60 Å². The van der Waals surface area contributed by atoms with Gasteiger partial charge in [0.1, 0.15) is 0 Å². The number of hydroxylamine groups is 4. The lowest BCUT2D eigenvalue weighted by atomic mass is 9.62. The number of carbonyl (C=O) groups is 4. The van der Waals surface area contributed by atoms with Crippen molar-refractivity contribution in [2.24, 2.45) is 10.8 Å². The largest absolute Gasteiger partial charge is 0.432 e. The molecule has 0 aromatic heterocycles. The molecule has 0 aromatic rings.